The van der Waals surface area contributed by atoms with E-state index in [9.17, 15) is 4.79 Å². The highest BCUT2D eigenvalue weighted by Crippen LogP contribution is 2.30. The maximum atomic E-state index is 10.9. The number of nitrogens with zero attached hydrogens (tertiary/aromatic N) is 1. The van der Waals surface area contributed by atoms with Gasteiger partial charge in [0.2, 0.25) is 0 Å². The summed E-state index contributed by atoms with van der Waals surface area (Å²) in [6.45, 7) is 0. The smallest absolute Gasteiger partial charge is 0.348 e. The van der Waals surface area contributed by atoms with Crippen molar-refractivity contribution < 1.29 is 9.90 Å². The first-order valence-corrected chi connectivity index (χ1v) is 6.47. The second kappa shape index (κ2) is 4.68. The largest absolute Gasteiger partial charge is 0.477 e. The minimum atomic E-state index is -0.942. The Morgan fingerprint density at radius 1 is 1.38 bits per heavy atom. The van der Waals surface area contributed by atoms with Crippen molar-refractivity contribution in [3.8, 4) is 11.3 Å². The summed E-state index contributed by atoms with van der Waals surface area (Å²) in [5, 5.41) is 9.56. The van der Waals surface area contributed by atoms with Crippen LogP contribution in [-0.2, 0) is 0 Å². The Kier molecular flexibility index (Phi) is 3.46. The highest BCUT2D eigenvalue weighted by molar-refractivity contribution is 14.1. The number of aromatic nitrogens is 1. The molecule has 2 rings (SSSR count). The van der Waals surface area contributed by atoms with Crippen molar-refractivity contribution in [3.63, 3.8) is 0 Å². The Balaban J connectivity index is 2.49. The van der Waals surface area contributed by atoms with Gasteiger partial charge in [0, 0.05) is 10.6 Å². The molecule has 0 saturated carbocycles. The molecule has 1 aromatic carbocycles. The van der Waals surface area contributed by atoms with E-state index in [0.717, 1.165) is 17.1 Å². The third kappa shape index (κ3) is 2.21. The molecule has 0 spiro atoms. The number of halogens is 2. The Morgan fingerprint density at radius 2 is 2.00 bits per heavy atom. The van der Waals surface area contributed by atoms with Crippen LogP contribution in [-0.4, -0.2) is 15.4 Å². The molecule has 82 valence electrons. The molecule has 0 fully saturated rings. The fourth-order valence-corrected chi connectivity index (χ4v) is 3.08. The van der Waals surface area contributed by atoms with E-state index >= 15 is 0 Å². The van der Waals surface area contributed by atoms with Gasteiger partial charge in [-0.15, -0.1) is 0 Å². The molecular formula is C10H5ClINO2S. The van der Waals surface area contributed by atoms with E-state index in [1.54, 1.807) is 12.1 Å². The Labute approximate surface area is 114 Å². The van der Waals surface area contributed by atoms with Crippen LogP contribution in [0.4, 0.5) is 0 Å². The van der Waals surface area contributed by atoms with E-state index in [1.165, 1.54) is 0 Å². The van der Waals surface area contributed by atoms with Crippen molar-refractivity contribution in [1.29, 1.82) is 0 Å². The lowest BCUT2D eigenvalue weighted by Gasteiger charge is -1.98. The van der Waals surface area contributed by atoms with Crippen molar-refractivity contribution in [2.45, 2.75) is 0 Å². The molecule has 0 bridgehead atoms. The van der Waals surface area contributed by atoms with Crippen LogP contribution in [0.2, 0.25) is 5.02 Å². The molecular weight excluding hydrogens is 361 g/mol. The zero-order valence-electron chi connectivity index (χ0n) is 7.78. The van der Waals surface area contributed by atoms with Crippen LogP contribution < -0.4 is 0 Å². The number of aromatic carboxylic acids is 1. The molecule has 1 N–H and O–H groups in total. The number of carboxylic acid groups (broad SMARTS) is 1. The van der Waals surface area contributed by atoms with E-state index in [2.05, 4.69) is 4.37 Å². The van der Waals surface area contributed by atoms with Crippen molar-refractivity contribution in [1.82, 2.24) is 4.37 Å². The van der Waals surface area contributed by atoms with Gasteiger partial charge in [-0.25, -0.2) is 4.79 Å². The molecule has 0 aliphatic carbocycles. The number of hydrogen-bond donors (Lipinski definition) is 1. The van der Waals surface area contributed by atoms with Crippen LogP contribution in [0.25, 0.3) is 11.3 Å². The number of carbonyl (C=O) groups is 1. The first-order chi connectivity index (χ1) is 7.59. The van der Waals surface area contributed by atoms with Crippen LogP contribution >= 0.6 is 45.7 Å². The SMILES string of the molecule is O=C(O)c1snc(-c2ccc(Cl)cc2)c1I. The lowest BCUT2D eigenvalue weighted by atomic mass is 10.1. The van der Waals surface area contributed by atoms with E-state index in [1.807, 2.05) is 34.7 Å². The Morgan fingerprint density at radius 3 is 2.50 bits per heavy atom. The predicted octanol–water partition coefficient (Wildman–Crippen LogP) is 3.77. The van der Waals surface area contributed by atoms with Gasteiger partial charge in [-0.2, -0.15) is 4.37 Å². The third-order valence-corrected chi connectivity index (χ3v) is 4.45. The average Bonchev–Trinajstić information content (AvgIpc) is 2.61. The first kappa shape index (κ1) is 11.8. The summed E-state index contributed by atoms with van der Waals surface area (Å²) in [5.41, 5.74) is 1.57. The number of carboxylic acids is 1. The summed E-state index contributed by atoms with van der Waals surface area (Å²) in [6, 6.07) is 7.16. The molecule has 0 aliphatic heterocycles. The van der Waals surface area contributed by atoms with Crippen LogP contribution in [0.3, 0.4) is 0 Å². The average molecular weight is 366 g/mol. The van der Waals surface area contributed by atoms with Gasteiger partial charge >= 0.3 is 5.97 Å². The van der Waals surface area contributed by atoms with E-state index in [0.29, 0.717) is 14.3 Å². The van der Waals surface area contributed by atoms with Gasteiger partial charge in [-0.1, -0.05) is 23.7 Å². The summed E-state index contributed by atoms with van der Waals surface area (Å²) >= 11 is 8.77. The van der Waals surface area contributed by atoms with E-state index in [4.69, 9.17) is 16.7 Å². The molecule has 0 unspecified atom stereocenters. The van der Waals surface area contributed by atoms with Crippen molar-refractivity contribution >= 4 is 51.7 Å². The molecule has 1 aromatic heterocycles. The third-order valence-electron chi connectivity index (χ3n) is 1.95. The highest BCUT2D eigenvalue weighted by Gasteiger charge is 2.17. The molecule has 1 heterocycles. The quantitative estimate of drug-likeness (QED) is 0.824. The second-order valence-corrected chi connectivity index (χ2v) is 5.27. The summed E-state index contributed by atoms with van der Waals surface area (Å²) in [4.78, 5) is 11.1. The fraction of sp³-hybridized carbons (Fsp3) is 0. The Bertz CT molecular complexity index is 538. The number of rotatable bonds is 2. The van der Waals surface area contributed by atoms with Crippen molar-refractivity contribution in [2.75, 3.05) is 0 Å². The highest BCUT2D eigenvalue weighted by atomic mass is 127. The summed E-state index contributed by atoms with van der Waals surface area (Å²) in [6.07, 6.45) is 0. The molecule has 0 amide bonds. The summed E-state index contributed by atoms with van der Waals surface area (Å²) in [5.74, 6) is -0.942. The molecule has 6 heteroatoms. The zero-order chi connectivity index (χ0) is 11.7. The molecule has 0 saturated heterocycles. The maximum Gasteiger partial charge on any atom is 0.348 e. The van der Waals surface area contributed by atoms with Crippen LogP contribution in [0.5, 0.6) is 0 Å². The van der Waals surface area contributed by atoms with Gasteiger partial charge in [-0.05, 0) is 46.3 Å². The minimum absolute atomic E-state index is 0.269. The van der Waals surface area contributed by atoms with Gasteiger partial charge in [0.25, 0.3) is 0 Å². The molecule has 2 aromatic rings. The van der Waals surface area contributed by atoms with Crippen LogP contribution in [0.15, 0.2) is 24.3 Å². The van der Waals surface area contributed by atoms with E-state index in [-0.39, 0.29) is 4.88 Å². The topological polar surface area (TPSA) is 50.2 Å². The monoisotopic (exact) mass is 365 g/mol. The van der Waals surface area contributed by atoms with Gasteiger partial charge in [0.1, 0.15) is 4.88 Å². The van der Waals surface area contributed by atoms with Gasteiger partial charge in [-0.3, -0.25) is 0 Å². The van der Waals surface area contributed by atoms with Gasteiger partial charge < -0.3 is 5.11 Å². The lowest BCUT2D eigenvalue weighted by Crippen LogP contribution is -1.94. The van der Waals surface area contributed by atoms with Crippen molar-refractivity contribution in [2.24, 2.45) is 0 Å². The normalized spacial score (nSPS) is 10.4. The lowest BCUT2D eigenvalue weighted by molar-refractivity contribution is 0.0701. The summed E-state index contributed by atoms with van der Waals surface area (Å²) < 4.78 is 4.81. The second-order valence-electron chi connectivity index (χ2n) is 2.99. The zero-order valence-corrected chi connectivity index (χ0v) is 11.5. The first-order valence-electron chi connectivity index (χ1n) is 4.24. The van der Waals surface area contributed by atoms with Crippen LogP contribution in [0, 0.1) is 3.57 Å². The minimum Gasteiger partial charge on any atom is -0.477 e. The fourth-order valence-electron chi connectivity index (χ4n) is 1.20. The maximum absolute atomic E-state index is 10.9. The number of hydrogen-bond acceptors (Lipinski definition) is 3. The molecule has 0 atom stereocenters. The Hall–Kier alpha value is -0.660. The molecule has 3 nitrogen and oxygen atoms in total. The van der Waals surface area contributed by atoms with Gasteiger partial charge in [0.05, 0.1) is 9.26 Å². The predicted molar refractivity (Wildman–Crippen MR) is 72.2 cm³/mol. The molecule has 16 heavy (non-hydrogen) atoms. The number of benzene rings is 1. The van der Waals surface area contributed by atoms with Crippen LogP contribution in [0.1, 0.15) is 9.67 Å². The summed E-state index contributed by atoms with van der Waals surface area (Å²) in [7, 11) is 0. The molecule has 0 radical (unpaired) electrons. The molecule has 0 aliphatic rings. The standard InChI is InChI=1S/C10H5ClINO2S/c11-6-3-1-5(2-4-6)8-7(12)9(10(14)15)16-13-8/h1-4H,(H,14,15). The van der Waals surface area contributed by atoms with Crippen molar-refractivity contribution in [3.05, 3.63) is 37.7 Å². The van der Waals surface area contributed by atoms with E-state index < -0.39 is 5.97 Å². The van der Waals surface area contributed by atoms with Gasteiger partial charge in [0.15, 0.2) is 0 Å².